The molecule has 0 bridgehead atoms. The van der Waals surface area contributed by atoms with Crippen LogP contribution in [0.1, 0.15) is 5.56 Å². The van der Waals surface area contributed by atoms with E-state index in [1.807, 2.05) is 6.07 Å². The van der Waals surface area contributed by atoms with Crippen LogP contribution in [-0.2, 0) is 7.05 Å². The molecule has 178 valence electrons. The lowest BCUT2D eigenvalue weighted by molar-refractivity contribution is -0.633. The molecule has 0 N–H and O–H groups in total. The summed E-state index contributed by atoms with van der Waals surface area (Å²) >= 11 is 0. The zero-order valence-corrected chi connectivity index (χ0v) is 20.6. The summed E-state index contributed by atoms with van der Waals surface area (Å²) in [6.45, 7) is 2.10. The van der Waals surface area contributed by atoms with E-state index >= 15 is 0 Å². The van der Waals surface area contributed by atoms with Gasteiger partial charge in [0.15, 0.2) is 11.0 Å². The van der Waals surface area contributed by atoms with E-state index in [1.54, 1.807) is 6.07 Å². The fourth-order valence-corrected chi connectivity index (χ4v) is 5.53. The van der Waals surface area contributed by atoms with Crippen molar-refractivity contribution in [2.24, 2.45) is 7.05 Å². The quantitative estimate of drug-likeness (QED) is 0.233. The van der Waals surface area contributed by atoms with Crippen LogP contribution in [0.15, 0.2) is 114 Å². The number of furan rings is 1. The van der Waals surface area contributed by atoms with Crippen molar-refractivity contribution in [1.29, 1.82) is 0 Å². The van der Waals surface area contributed by atoms with E-state index in [1.165, 1.54) is 17.7 Å². The molecule has 2 aromatic heterocycles. The van der Waals surface area contributed by atoms with Gasteiger partial charge in [0.2, 0.25) is 0 Å². The van der Waals surface area contributed by atoms with Gasteiger partial charge in [-0.15, -0.1) is 0 Å². The predicted octanol–water partition coefficient (Wildman–Crippen LogP) is 8.14. The van der Waals surface area contributed by atoms with Crippen LogP contribution in [0, 0.1) is 12.7 Å². The first kappa shape index (κ1) is 21.6. The third-order valence-electron chi connectivity index (χ3n) is 7.26. The Labute approximate surface area is 213 Å². The third-order valence-corrected chi connectivity index (χ3v) is 7.26. The van der Waals surface area contributed by atoms with Crippen LogP contribution in [0.2, 0.25) is 0 Å². The van der Waals surface area contributed by atoms with E-state index in [4.69, 9.17) is 4.42 Å². The second-order valence-electron chi connectivity index (χ2n) is 9.50. The van der Waals surface area contributed by atoms with E-state index in [2.05, 4.69) is 108 Å². The van der Waals surface area contributed by atoms with Gasteiger partial charge in [0.05, 0.1) is 12.6 Å². The third kappa shape index (κ3) is 3.30. The molecule has 0 saturated carbocycles. The normalized spacial score (nSPS) is 11.6. The number of nitrogens with zero attached hydrogens (tertiary/aromatic N) is 2. The fraction of sp³-hybridized carbons (Fsp3) is 0.0606. The molecule has 3 nitrogen and oxygen atoms in total. The number of rotatable bonds is 3. The van der Waals surface area contributed by atoms with Gasteiger partial charge in [-0.1, -0.05) is 60.7 Å². The Kier molecular flexibility index (Phi) is 4.76. The van der Waals surface area contributed by atoms with Gasteiger partial charge in [0.25, 0.3) is 5.82 Å². The molecule has 0 atom stereocenters. The second-order valence-corrected chi connectivity index (χ2v) is 9.50. The van der Waals surface area contributed by atoms with Crippen molar-refractivity contribution in [2.75, 3.05) is 0 Å². The maximum absolute atomic E-state index is 13.9. The Hall–Kier alpha value is -4.70. The number of para-hydroxylation sites is 3. The number of aromatic nitrogens is 2. The summed E-state index contributed by atoms with van der Waals surface area (Å²) in [7, 11) is 2.12. The molecule has 0 unspecified atom stereocenters. The molecule has 0 fully saturated rings. The lowest BCUT2D eigenvalue weighted by atomic mass is 10.0. The fourth-order valence-electron chi connectivity index (χ4n) is 5.53. The van der Waals surface area contributed by atoms with Gasteiger partial charge < -0.3 is 4.42 Å². The molecule has 7 aromatic rings. The van der Waals surface area contributed by atoms with Crippen molar-refractivity contribution in [3.8, 4) is 28.2 Å². The summed E-state index contributed by atoms with van der Waals surface area (Å²) in [5, 5.41) is 1.89. The zero-order valence-electron chi connectivity index (χ0n) is 20.6. The molecular formula is C33H24FN2O+. The first-order valence-electron chi connectivity index (χ1n) is 12.4. The average molecular weight is 484 g/mol. The van der Waals surface area contributed by atoms with Gasteiger partial charge in [0, 0.05) is 22.4 Å². The summed E-state index contributed by atoms with van der Waals surface area (Å²) in [5.41, 5.74) is 9.21. The van der Waals surface area contributed by atoms with Crippen molar-refractivity contribution < 1.29 is 13.4 Å². The molecule has 7 rings (SSSR count). The smallest absolute Gasteiger partial charge is 0.295 e. The lowest BCUT2D eigenvalue weighted by Gasteiger charge is -2.11. The van der Waals surface area contributed by atoms with Crippen LogP contribution in [-0.4, -0.2) is 4.57 Å². The molecular weight excluding hydrogens is 459 g/mol. The van der Waals surface area contributed by atoms with Crippen molar-refractivity contribution in [2.45, 2.75) is 6.92 Å². The Balaban J connectivity index is 1.59. The summed E-state index contributed by atoms with van der Waals surface area (Å²) in [4.78, 5) is 0. The second kappa shape index (κ2) is 8.17. The largest absolute Gasteiger partial charge is 0.456 e. The minimum absolute atomic E-state index is 0.299. The molecule has 0 spiro atoms. The van der Waals surface area contributed by atoms with E-state index in [0.717, 1.165) is 55.6 Å². The Morgan fingerprint density at radius 3 is 2.30 bits per heavy atom. The van der Waals surface area contributed by atoms with Crippen LogP contribution in [0.5, 0.6) is 0 Å². The predicted molar refractivity (Wildman–Crippen MR) is 147 cm³/mol. The number of benzene rings is 5. The molecule has 0 saturated heterocycles. The number of aryl methyl sites for hydroxylation is 2. The van der Waals surface area contributed by atoms with Crippen molar-refractivity contribution in [3.63, 3.8) is 0 Å². The van der Waals surface area contributed by atoms with Gasteiger partial charge in [0.1, 0.15) is 22.7 Å². The Morgan fingerprint density at radius 1 is 0.703 bits per heavy atom. The van der Waals surface area contributed by atoms with Crippen molar-refractivity contribution in [1.82, 2.24) is 4.57 Å². The molecule has 4 heteroatoms. The minimum atomic E-state index is -0.299. The summed E-state index contributed by atoms with van der Waals surface area (Å²) in [5.74, 6) is 0.771. The highest BCUT2D eigenvalue weighted by Gasteiger charge is 2.29. The van der Waals surface area contributed by atoms with Gasteiger partial charge >= 0.3 is 0 Å². The number of imidazole rings is 1. The van der Waals surface area contributed by atoms with Crippen LogP contribution in [0.4, 0.5) is 4.39 Å². The maximum Gasteiger partial charge on any atom is 0.295 e. The number of hydrogen-bond donors (Lipinski definition) is 0. The number of halogens is 1. The Morgan fingerprint density at radius 2 is 1.43 bits per heavy atom. The number of fused-ring (bicyclic) bond motifs is 4. The standard InChI is InChI=1S/C33H24FN2O/c1-21-18-31-27(25-17-16-23(34)19-32(25)37-31)20-26(21)33-35(2)29-14-8-9-15-30(29)36(33)28-13-7-6-12-24(28)22-10-4-3-5-11-22/h3-20H,1-2H3/q+1. The first-order valence-corrected chi connectivity index (χ1v) is 12.4. The van der Waals surface area contributed by atoms with E-state index in [-0.39, 0.29) is 5.82 Å². The molecule has 0 aliphatic rings. The maximum atomic E-state index is 13.9. The van der Waals surface area contributed by atoms with Gasteiger partial charge in [-0.05, 0) is 60.5 Å². The molecule has 5 aromatic carbocycles. The molecule has 2 heterocycles. The zero-order chi connectivity index (χ0) is 25.1. The summed E-state index contributed by atoms with van der Waals surface area (Å²) < 4.78 is 24.6. The van der Waals surface area contributed by atoms with Crippen LogP contribution in [0.3, 0.4) is 0 Å². The molecule has 0 radical (unpaired) electrons. The highest BCUT2D eigenvalue weighted by Crippen LogP contribution is 2.38. The van der Waals surface area contributed by atoms with Crippen LogP contribution < -0.4 is 4.57 Å². The molecule has 37 heavy (non-hydrogen) atoms. The highest BCUT2D eigenvalue weighted by molar-refractivity contribution is 6.06. The van der Waals surface area contributed by atoms with E-state index in [9.17, 15) is 4.39 Å². The van der Waals surface area contributed by atoms with Crippen LogP contribution >= 0.6 is 0 Å². The minimum Gasteiger partial charge on any atom is -0.456 e. The average Bonchev–Trinajstić information content (AvgIpc) is 3.42. The van der Waals surface area contributed by atoms with E-state index in [0.29, 0.717) is 5.58 Å². The monoisotopic (exact) mass is 483 g/mol. The molecule has 0 aliphatic heterocycles. The Bertz CT molecular complexity index is 1960. The van der Waals surface area contributed by atoms with Gasteiger partial charge in [-0.2, -0.15) is 4.57 Å². The van der Waals surface area contributed by atoms with Gasteiger partial charge in [-0.3, -0.25) is 0 Å². The topological polar surface area (TPSA) is 21.9 Å². The number of hydrogen-bond acceptors (Lipinski definition) is 1. The molecule has 0 aliphatic carbocycles. The first-order chi connectivity index (χ1) is 18.1. The van der Waals surface area contributed by atoms with Crippen molar-refractivity contribution in [3.05, 3.63) is 121 Å². The van der Waals surface area contributed by atoms with E-state index < -0.39 is 0 Å². The lowest BCUT2D eigenvalue weighted by Crippen LogP contribution is -2.30. The summed E-state index contributed by atoms with van der Waals surface area (Å²) in [6, 6.07) is 36.5. The SMILES string of the molecule is Cc1cc2oc3cc(F)ccc3c2cc1-c1n(-c2ccccc2-c2ccccc2)c2ccccc2[n+]1C. The van der Waals surface area contributed by atoms with Crippen LogP contribution in [0.25, 0.3) is 61.2 Å². The summed E-state index contributed by atoms with van der Waals surface area (Å²) in [6.07, 6.45) is 0. The molecule has 0 amide bonds. The van der Waals surface area contributed by atoms with Gasteiger partial charge in [-0.25, -0.2) is 8.96 Å². The van der Waals surface area contributed by atoms with Crippen molar-refractivity contribution >= 4 is 33.0 Å². The highest BCUT2D eigenvalue weighted by atomic mass is 19.1.